The highest BCUT2D eigenvalue weighted by Gasteiger charge is 2.29. The van der Waals surface area contributed by atoms with Crippen molar-refractivity contribution in [2.45, 2.75) is 33.9 Å². The average Bonchev–Trinajstić information content (AvgIpc) is 3.03. The van der Waals surface area contributed by atoms with Gasteiger partial charge in [0.05, 0.1) is 0 Å². The topological polar surface area (TPSA) is 65.1 Å². The van der Waals surface area contributed by atoms with Crippen molar-refractivity contribution in [3.8, 4) is 0 Å². The number of halogens is 1. The normalized spacial score (nSPS) is 16.8. The second-order valence-electron chi connectivity index (χ2n) is 8.04. The van der Waals surface area contributed by atoms with Crippen molar-refractivity contribution in [1.29, 1.82) is 0 Å². The van der Waals surface area contributed by atoms with Gasteiger partial charge in [-0.3, -0.25) is 13.9 Å². The fourth-order valence-electron chi connectivity index (χ4n) is 3.87. The lowest BCUT2D eigenvalue weighted by Gasteiger charge is -2.33. The van der Waals surface area contributed by atoms with E-state index in [-0.39, 0.29) is 17.2 Å². The molecule has 4 rings (SSSR count). The largest absolute Gasteiger partial charge is 0.332 e. The number of anilines is 2. The summed E-state index contributed by atoms with van der Waals surface area (Å²) in [4.78, 5) is 32.8. The van der Waals surface area contributed by atoms with E-state index in [4.69, 9.17) is 16.6 Å². The van der Waals surface area contributed by atoms with E-state index in [1.807, 2.05) is 42.7 Å². The lowest BCUT2D eigenvalue weighted by atomic mass is 10.1. The zero-order chi connectivity index (χ0) is 20.2. The second kappa shape index (κ2) is 6.81. The van der Waals surface area contributed by atoms with E-state index in [1.165, 1.54) is 9.13 Å². The van der Waals surface area contributed by atoms with Crippen molar-refractivity contribution in [3.63, 3.8) is 0 Å². The second-order valence-corrected chi connectivity index (χ2v) is 8.47. The van der Waals surface area contributed by atoms with Crippen LogP contribution in [0.25, 0.3) is 11.2 Å². The van der Waals surface area contributed by atoms with Gasteiger partial charge in [-0.1, -0.05) is 32.4 Å². The Morgan fingerprint density at radius 1 is 1.18 bits per heavy atom. The van der Waals surface area contributed by atoms with Crippen LogP contribution in [-0.2, 0) is 20.1 Å². The van der Waals surface area contributed by atoms with Gasteiger partial charge in [-0.15, -0.1) is 0 Å². The summed E-state index contributed by atoms with van der Waals surface area (Å²) in [6, 6.07) is 7.57. The van der Waals surface area contributed by atoms with Crippen molar-refractivity contribution in [2.24, 2.45) is 18.9 Å². The first-order valence-electron chi connectivity index (χ1n) is 9.51. The number of aryl methyl sites for hydroxylation is 1. The molecule has 0 spiro atoms. The van der Waals surface area contributed by atoms with Crippen LogP contribution in [0.3, 0.4) is 0 Å². The minimum Gasteiger partial charge on any atom is -0.312 e. The van der Waals surface area contributed by atoms with Crippen molar-refractivity contribution < 1.29 is 0 Å². The molecule has 0 fully saturated rings. The molecule has 3 heterocycles. The summed E-state index contributed by atoms with van der Waals surface area (Å²) < 4.78 is 4.76. The maximum absolute atomic E-state index is 13.2. The average molecular weight is 402 g/mol. The first-order chi connectivity index (χ1) is 13.3. The van der Waals surface area contributed by atoms with Gasteiger partial charge in [-0.25, -0.2) is 4.79 Å². The number of nitrogens with zero attached hydrogens (tertiary/aromatic N) is 5. The molecule has 1 aromatic carbocycles. The lowest BCUT2D eigenvalue weighted by molar-refractivity contribution is 0.454. The van der Waals surface area contributed by atoms with E-state index in [9.17, 15) is 9.59 Å². The highest BCUT2D eigenvalue weighted by atomic mass is 35.5. The third kappa shape index (κ3) is 2.94. The molecule has 3 aromatic rings. The molecular weight excluding hydrogens is 378 g/mol. The molecule has 0 saturated heterocycles. The lowest BCUT2D eigenvalue weighted by Crippen LogP contribution is -2.41. The van der Waals surface area contributed by atoms with Crippen LogP contribution in [0.15, 0.2) is 33.9 Å². The van der Waals surface area contributed by atoms with E-state index < -0.39 is 0 Å². The van der Waals surface area contributed by atoms with Gasteiger partial charge >= 0.3 is 5.69 Å². The van der Waals surface area contributed by atoms with Crippen molar-refractivity contribution in [3.05, 3.63) is 50.1 Å². The summed E-state index contributed by atoms with van der Waals surface area (Å²) in [7, 11) is 1.68. The molecule has 1 atom stereocenters. The van der Waals surface area contributed by atoms with Gasteiger partial charge < -0.3 is 9.47 Å². The van der Waals surface area contributed by atoms with Gasteiger partial charge in [0.2, 0.25) is 5.95 Å². The quantitative estimate of drug-likeness (QED) is 0.676. The van der Waals surface area contributed by atoms with Crippen molar-refractivity contribution in [1.82, 2.24) is 18.7 Å². The van der Waals surface area contributed by atoms with Crippen molar-refractivity contribution >= 4 is 34.4 Å². The summed E-state index contributed by atoms with van der Waals surface area (Å²) in [6.07, 6.45) is 0. The van der Waals surface area contributed by atoms with Gasteiger partial charge in [-0.2, -0.15) is 4.98 Å². The maximum atomic E-state index is 13.2. The number of hydrogen-bond donors (Lipinski definition) is 0. The Kier molecular flexibility index (Phi) is 4.57. The summed E-state index contributed by atoms with van der Waals surface area (Å²) in [5.41, 5.74) is 1.28. The monoisotopic (exact) mass is 401 g/mol. The van der Waals surface area contributed by atoms with E-state index >= 15 is 0 Å². The SMILES string of the molecule is CC(C)Cn1c(=O)c2c(nc3n2C[C@@H](C)CN3c2ccc(Cl)cc2)n(C)c1=O. The van der Waals surface area contributed by atoms with Crippen molar-refractivity contribution in [2.75, 3.05) is 11.4 Å². The predicted octanol–water partition coefficient (Wildman–Crippen LogP) is 2.99. The minimum absolute atomic E-state index is 0.191. The van der Waals surface area contributed by atoms with Gasteiger partial charge in [-0.05, 0) is 36.1 Å². The first-order valence-corrected chi connectivity index (χ1v) is 9.89. The molecule has 1 aliphatic rings. The van der Waals surface area contributed by atoms with Crippen LogP contribution >= 0.6 is 11.6 Å². The molecule has 1 aliphatic heterocycles. The Hall–Kier alpha value is -2.54. The van der Waals surface area contributed by atoms with E-state index in [0.29, 0.717) is 41.1 Å². The maximum Gasteiger partial charge on any atom is 0.332 e. The van der Waals surface area contributed by atoms with Crippen LogP contribution in [-0.4, -0.2) is 25.2 Å². The summed E-state index contributed by atoms with van der Waals surface area (Å²) >= 11 is 6.04. The predicted molar refractivity (Wildman–Crippen MR) is 112 cm³/mol. The molecule has 0 aliphatic carbocycles. The Labute approximate surface area is 167 Å². The van der Waals surface area contributed by atoms with Crippen LogP contribution < -0.4 is 16.1 Å². The van der Waals surface area contributed by atoms with Gasteiger partial charge in [0, 0.05) is 37.4 Å². The molecule has 0 unspecified atom stereocenters. The Morgan fingerprint density at radius 3 is 2.50 bits per heavy atom. The molecule has 8 heteroatoms. The zero-order valence-corrected chi connectivity index (χ0v) is 17.3. The number of imidazole rings is 1. The Bertz CT molecular complexity index is 1160. The molecule has 0 radical (unpaired) electrons. The van der Waals surface area contributed by atoms with Crippen LogP contribution in [0.5, 0.6) is 0 Å². The molecule has 0 amide bonds. The third-order valence-corrected chi connectivity index (χ3v) is 5.38. The summed E-state index contributed by atoms with van der Waals surface area (Å²) in [6.45, 7) is 7.98. The smallest absolute Gasteiger partial charge is 0.312 e. The van der Waals surface area contributed by atoms with E-state index in [1.54, 1.807) is 7.05 Å². The van der Waals surface area contributed by atoms with Crippen LogP contribution in [0.2, 0.25) is 5.02 Å². The standard InChI is InChI=1S/C20H24ClN5O2/c1-12(2)9-26-18(27)16-17(23(4)20(26)28)22-19-24(10-13(3)11-25(16)19)15-7-5-14(21)6-8-15/h5-8,12-13H,9-11H2,1-4H3/t13-/m0/s1. The molecule has 0 saturated carbocycles. The van der Waals surface area contributed by atoms with E-state index in [0.717, 1.165) is 12.2 Å². The molecule has 148 valence electrons. The number of hydrogen-bond acceptors (Lipinski definition) is 4. The van der Waals surface area contributed by atoms with Gasteiger partial charge in [0.1, 0.15) is 0 Å². The first kappa shape index (κ1) is 18.8. The molecule has 2 aromatic heterocycles. The third-order valence-electron chi connectivity index (χ3n) is 5.13. The number of aromatic nitrogens is 4. The number of fused-ring (bicyclic) bond motifs is 3. The molecular formula is C20H24ClN5O2. The highest BCUT2D eigenvalue weighted by Crippen LogP contribution is 2.33. The summed E-state index contributed by atoms with van der Waals surface area (Å²) in [5, 5.41) is 0.668. The summed E-state index contributed by atoms with van der Waals surface area (Å²) in [5.74, 6) is 1.19. The number of rotatable bonds is 3. The van der Waals surface area contributed by atoms with Gasteiger partial charge in [0.25, 0.3) is 5.56 Å². The highest BCUT2D eigenvalue weighted by molar-refractivity contribution is 6.30. The Balaban J connectivity index is 1.99. The van der Waals surface area contributed by atoms with Crippen LogP contribution in [0.1, 0.15) is 20.8 Å². The number of benzene rings is 1. The van der Waals surface area contributed by atoms with Crippen LogP contribution in [0, 0.1) is 11.8 Å². The zero-order valence-electron chi connectivity index (χ0n) is 16.5. The van der Waals surface area contributed by atoms with E-state index in [2.05, 4.69) is 11.8 Å². The molecule has 0 N–H and O–H groups in total. The fourth-order valence-corrected chi connectivity index (χ4v) is 4.00. The Morgan fingerprint density at radius 2 is 1.86 bits per heavy atom. The van der Waals surface area contributed by atoms with Crippen LogP contribution in [0.4, 0.5) is 11.6 Å². The molecule has 0 bridgehead atoms. The minimum atomic E-state index is -0.326. The molecule has 7 nitrogen and oxygen atoms in total. The molecule has 28 heavy (non-hydrogen) atoms. The fraction of sp³-hybridized carbons (Fsp3) is 0.450. The van der Waals surface area contributed by atoms with Gasteiger partial charge in [0.15, 0.2) is 11.2 Å².